The Morgan fingerprint density at radius 3 is 2.82 bits per heavy atom. The minimum Gasteiger partial charge on any atom is -0.368 e. The Hall–Kier alpha value is -1.69. The summed E-state index contributed by atoms with van der Waals surface area (Å²) in [5, 5.41) is 8.29. The van der Waals surface area contributed by atoms with Gasteiger partial charge in [-0.3, -0.25) is 4.79 Å². The SMILES string of the molecule is O=C(COC1CCNCC1)Nc1ccccc1-c1cccs1. The molecule has 0 saturated carbocycles. The predicted molar refractivity (Wildman–Crippen MR) is 90.2 cm³/mol. The Bertz CT molecular complexity index is 607. The lowest BCUT2D eigenvalue weighted by atomic mass is 10.1. The molecule has 0 bridgehead atoms. The molecule has 1 aromatic carbocycles. The van der Waals surface area contributed by atoms with E-state index < -0.39 is 0 Å². The minimum absolute atomic E-state index is 0.0949. The number of amides is 1. The van der Waals surface area contributed by atoms with Crippen LogP contribution in [0.3, 0.4) is 0 Å². The fourth-order valence-corrected chi connectivity index (χ4v) is 3.35. The van der Waals surface area contributed by atoms with Crippen LogP contribution in [-0.2, 0) is 9.53 Å². The summed E-state index contributed by atoms with van der Waals surface area (Å²) in [6, 6.07) is 11.9. The molecule has 4 nitrogen and oxygen atoms in total. The average molecular weight is 316 g/mol. The highest BCUT2D eigenvalue weighted by Gasteiger charge is 2.15. The van der Waals surface area contributed by atoms with E-state index in [9.17, 15) is 4.79 Å². The summed E-state index contributed by atoms with van der Waals surface area (Å²) in [7, 11) is 0. The van der Waals surface area contributed by atoms with E-state index in [2.05, 4.69) is 16.7 Å². The van der Waals surface area contributed by atoms with E-state index in [4.69, 9.17) is 4.74 Å². The topological polar surface area (TPSA) is 50.4 Å². The summed E-state index contributed by atoms with van der Waals surface area (Å²) in [5.41, 5.74) is 1.89. The number of thiophene rings is 1. The second-order valence-electron chi connectivity index (χ2n) is 5.33. The van der Waals surface area contributed by atoms with Crippen LogP contribution in [0.4, 0.5) is 5.69 Å². The first-order valence-corrected chi connectivity index (χ1v) is 8.46. The van der Waals surface area contributed by atoms with E-state index in [1.807, 2.05) is 35.7 Å². The van der Waals surface area contributed by atoms with Gasteiger partial charge in [-0.1, -0.05) is 24.3 Å². The van der Waals surface area contributed by atoms with E-state index in [-0.39, 0.29) is 18.6 Å². The maximum Gasteiger partial charge on any atom is 0.250 e. The van der Waals surface area contributed by atoms with Crippen LogP contribution in [0.15, 0.2) is 41.8 Å². The van der Waals surface area contributed by atoms with Crippen molar-refractivity contribution in [1.29, 1.82) is 0 Å². The summed E-state index contributed by atoms with van der Waals surface area (Å²) in [5.74, 6) is -0.0949. The van der Waals surface area contributed by atoms with Gasteiger partial charge in [0.2, 0.25) is 5.91 Å². The van der Waals surface area contributed by atoms with Crippen LogP contribution in [0.1, 0.15) is 12.8 Å². The van der Waals surface area contributed by atoms with Gasteiger partial charge in [-0.05, 0) is 43.4 Å². The maximum absolute atomic E-state index is 12.1. The molecular formula is C17H20N2O2S. The Morgan fingerprint density at radius 1 is 1.23 bits per heavy atom. The van der Waals surface area contributed by atoms with E-state index in [0.717, 1.165) is 42.1 Å². The standard InChI is InChI=1S/C17H20N2O2S/c20-17(12-21-13-7-9-18-10-8-13)19-15-5-2-1-4-14(15)16-6-3-11-22-16/h1-6,11,13,18H,7-10,12H2,(H,19,20). The number of anilines is 1. The molecule has 22 heavy (non-hydrogen) atoms. The van der Waals surface area contributed by atoms with Crippen molar-refractivity contribution < 1.29 is 9.53 Å². The molecule has 0 aliphatic carbocycles. The lowest BCUT2D eigenvalue weighted by Crippen LogP contribution is -2.34. The third kappa shape index (κ3) is 3.94. The number of nitrogens with one attached hydrogen (secondary N) is 2. The molecule has 1 aromatic heterocycles. The van der Waals surface area contributed by atoms with Gasteiger partial charge in [0.05, 0.1) is 6.10 Å². The van der Waals surface area contributed by atoms with Gasteiger partial charge in [-0.15, -0.1) is 11.3 Å². The van der Waals surface area contributed by atoms with E-state index in [1.165, 1.54) is 0 Å². The Morgan fingerprint density at radius 2 is 2.05 bits per heavy atom. The number of hydrogen-bond acceptors (Lipinski definition) is 4. The van der Waals surface area contributed by atoms with E-state index in [1.54, 1.807) is 11.3 Å². The zero-order chi connectivity index (χ0) is 15.2. The molecule has 1 amide bonds. The molecule has 1 fully saturated rings. The molecule has 2 heterocycles. The van der Waals surface area contributed by atoms with Gasteiger partial charge in [0, 0.05) is 16.1 Å². The number of piperidine rings is 1. The van der Waals surface area contributed by atoms with Crippen molar-refractivity contribution in [1.82, 2.24) is 5.32 Å². The number of carbonyl (C=O) groups is 1. The second kappa shape index (κ2) is 7.54. The van der Waals surface area contributed by atoms with E-state index in [0.29, 0.717) is 0 Å². The molecule has 2 N–H and O–H groups in total. The first-order valence-electron chi connectivity index (χ1n) is 7.58. The van der Waals surface area contributed by atoms with Crippen molar-refractivity contribution >= 4 is 22.9 Å². The Balaban J connectivity index is 1.59. The largest absolute Gasteiger partial charge is 0.368 e. The molecular weight excluding hydrogens is 296 g/mol. The van der Waals surface area contributed by atoms with Crippen LogP contribution in [0, 0.1) is 0 Å². The third-order valence-electron chi connectivity index (χ3n) is 3.72. The monoisotopic (exact) mass is 316 g/mol. The molecule has 1 aliphatic rings. The van der Waals surface area contributed by atoms with Crippen molar-refractivity contribution in [2.75, 3.05) is 25.0 Å². The van der Waals surface area contributed by atoms with Crippen LogP contribution in [0.25, 0.3) is 10.4 Å². The molecule has 0 spiro atoms. The molecule has 0 radical (unpaired) electrons. The van der Waals surface area contributed by atoms with Crippen molar-refractivity contribution in [2.24, 2.45) is 0 Å². The van der Waals surface area contributed by atoms with Crippen molar-refractivity contribution in [3.05, 3.63) is 41.8 Å². The first-order chi connectivity index (χ1) is 10.8. The molecule has 1 saturated heterocycles. The van der Waals surface area contributed by atoms with Gasteiger partial charge in [0.15, 0.2) is 0 Å². The zero-order valence-electron chi connectivity index (χ0n) is 12.4. The number of rotatable bonds is 5. The van der Waals surface area contributed by atoms with Crippen molar-refractivity contribution in [2.45, 2.75) is 18.9 Å². The molecule has 0 unspecified atom stereocenters. The van der Waals surface area contributed by atoms with Crippen LogP contribution in [-0.4, -0.2) is 31.7 Å². The lowest BCUT2D eigenvalue weighted by molar-refractivity contribution is -0.123. The summed E-state index contributed by atoms with van der Waals surface area (Å²) in [4.78, 5) is 13.3. The summed E-state index contributed by atoms with van der Waals surface area (Å²) < 4.78 is 5.70. The number of carbonyl (C=O) groups excluding carboxylic acids is 1. The van der Waals surface area contributed by atoms with Gasteiger partial charge < -0.3 is 15.4 Å². The average Bonchev–Trinajstić information content (AvgIpc) is 3.09. The van der Waals surface area contributed by atoms with Gasteiger partial charge in [0.25, 0.3) is 0 Å². The quantitative estimate of drug-likeness (QED) is 0.891. The fourth-order valence-electron chi connectivity index (χ4n) is 2.58. The third-order valence-corrected chi connectivity index (χ3v) is 4.63. The summed E-state index contributed by atoms with van der Waals surface area (Å²) >= 11 is 1.66. The highest BCUT2D eigenvalue weighted by atomic mass is 32.1. The highest BCUT2D eigenvalue weighted by molar-refractivity contribution is 7.13. The molecule has 5 heteroatoms. The van der Waals surface area contributed by atoms with Gasteiger partial charge in [0.1, 0.15) is 6.61 Å². The van der Waals surface area contributed by atoms with Crippen molar-refractivity contribution in [3.8, 4) is 10.4 Å². The summed E-state index contributed by atoms with van der Waals surface area (Å²) in [6.45, 7) is 2.05. The van der Waals surface area contributed by atoms with Gasteiger partial charge >= 0.3 is 0 Å². The number of hydrogen-bond donors (Lipinski definition) is 2. The predicted octanol–water partition coefficient (Wildman–Crippen LogP) is 3.12. The van der Waals surface area contributed by atoms with E-state index >= 15 is 0 Å². The van der Waals surface area contributed by atoms with Crippen LogP contribution >= 0.6 is 11.3 Å². The first kappa shape index (κ1) is 15.2. The van der Waals surface area contributed by atoms with Crippen LogP contribution in [0.5, 0.6) is 0 Å². The number of ether oxygens (including phenoxy) is 1. The second-order valence-corrected chi connectivity index (χ2v) is 6.28. The zero-order valence-corrected chi connectivity index (χ0v) is 13.2. The van der Waals surface area contributed by atoms with Crippen molar-refractivity contribution in [3.63, 3.8) is 0 Å². The fraction of sp³-hybridized carbons (Fsp3) is 0.353. The molecule has 1 aliphatic heterocycles. The number of para-hydroxylation sites is 1. The number of benzene rings is 1. The maximum atomic E-state index is 12.1. The van der Waals surface area contributed by atoms with Gasteiger partial charge in [-0.2, -0.15) is 0 Å². The van der Waals surface area contributed by atoms with Crippen LogP contribution in [0.2, 0.25) is 0 Å². The van der Waals surface area contributed by atoms with Gasteiger partial charge in [-0.25, -0.2) is 0 Å². The summed E-state index contributed by atoms with van der Waals surface area (Å²) in [6.07, 6.45) is 2.14. The molecule has 3 rings (SSSR count). The normalized spacial score (nSPS) is 15.6. The molecule has 2 aromatic rings. The molecule has 0 atom stereocenters. The smallest absolute Gasteiger partial charge is 0.250 e. The minimum atomic E-state index is -0.0949. The van der Waals surface area contributed by atoms with Crippen LogP contribution < -0.4 is 10.6 Å². The Kier molecular flexibility index (Phi) is 5.21. The Labute approximate surface area is 134 Å². The highest BCUT2D eigenvalue weighted by Crippen LogP contribution is 2.31. The molecule has 116 valence electrons. The lowest BCUT2D eigenvalue weighted by Gasteiger charge is -2.22.